The maximum atomic E-state index is 13.1. The number of rotatable bonds is 7. The fraction of sp³-hybridized carbons (Fsp3) is 0.441. The van der Waals surface area contributed by atoms with Crippen LogP contribution in [0.3, 0.4) is 0 Å². The monoisotopic (exact) mass is 583 g/mol. The van der Waals surface area contributed by atoms with E-state index in [9.17, 15) is 9.90 Å². The number of anilines is 2. The highest BCUT2D eigenvalue weighted by atomic mass is 16.3. The highest BCUT2D eigenvalue weighted by Crippen LogP contribution is 2.37. The fourth-order valence-corrected chi connectivity index (χ4v) is 6.04. The van der Waals surface area contributed by atoms with Crippen LogP contribution in [0.15, 0.2) is 71.9 Å². The number of nitrogens with one attached hydrogen (secondary N) is 1. The molecule has 3 heterocycles. The van der Waals surface area contributed by atoms with Crippen LogP contribution in [-0.4, -0.2) is 78.1 Å². The maximum absolute atomic E-state index is 13.1. The average molecular weight is 584 g/mol. The summed E-state index contributed by atoms with van der Waals surface area (Å²) in [5.74, 6) is 1.22. The van der Waals surface area contributed by atoms with Crippen LogP contribution >= 0.6 is 0 Å². The van der Waals surface area contributed by atoms with Crippen LogP contribution in [0.25, 0.3) is 0 Å². The number of pyridine rings is 1. The molecule has 0 radical (unpaired) electrons. The smallest absolute Gasteiger partial charge is 0.253 e. The molecule has 3 aromatic rings. The van der Waals surface area contributed by atoms with Crippen LogP contribution in [0.2, 0.25) is 0 Å². The summed E-state index contributed by atoms with van der Waals surface area (Å²) in [6.45, 7) is 7.71. The molecular formula is C34H45N7O2. The molecular weight excluding hydrogens is 538 g/mol. The number of nitrogens with zero attached hydrogens (tertiary/aromatic N) is 5. The number of hydrogen-bond acceptors (Lipinski definition) is 6. The summed E-state index contributed by atoms with van der Waals surface area (Å²) in [4.78, 5) is 28.5. The summed E-state index contributed by atoms with van der Waals surface area (Å²) in [5, 5.41) is 14.6. The van der Waals surface area contributed by atoms with Crippen molar-refractivity contribution in [1.82, 2.24) is 14.8 Å². The number of amides is 1. The van der Waals surface area contributed by atoms with Crippen molar-refractivity contribution in [2.75, 3.05) is 50.5 Å². The summed E-state index contributed by atoms with van der Waals surface area (Å²) in [6, 6.07) is 19.8. The minimum Gasteiger partial charge on any atom is -0.385 e. The van der Waals surface area contributed by atoms with Gasteiger partial charge in [0, 0.05) is 43.6 Å². The van der Waals surface area contributed by atoms with Gasteiger partial charge in [-0.3, -0.25) is 4.79 Å². The normalized spacial score (nSPS) is 18.1. The molecule has 9 heteroatoms. The van der Waals surface area contributed by atoms with Crippen LogP contribution in [-0.2, 0) is 5.60 Å². The Balaban J connectivity index is 1.21. The van der Waals surface area contributed by atoms with E-state index in [2.05, 4.69) is 70.3 Å². The SMILES string of the molecule is CC(C)c1ccc(C2(O)CCN(c3cccnc3/N=C(\N)Nc3ccc(C(=O)N(C)C4CCN(C)CC4)cc3)CC2)cc1. The second kappa shape index (κ2) is 13.1. The Hall–Kier alpha value is -3.95. The minimum absolute atomic E-state index is 0.0295. The molecule has 2 aromatic carbocycles. The quantitative estimate of drug-likeness (QED) is 0.268. The van der Waals surface area contributed by atoms with Crippen LogP contribution in [0, 0.1) is 0 Å². The van der Waals surface area contributed by atoms with Crippen molar-refractivity contribution in [2.24, 2.45) is 10.7 Å². The number of likely N-dealkylation sites (tertiary alicyclic amines) is 1. The number of aliphatic imine (C=N–C) groups is 1. The molecule has 2 aliphatic heterocycles. The molecule has 1 amide bonds. The number of carbonyl (C=O) groups is 1. The summed E-state index contributed by atoms with van der Waals surface area (Å²) >= 11 is 0. The molecule has 2 aliphatic rings. The lowest BCUT2D eigenvalue weighted by Gasteiger charge is -2.39. The van der Waals surface area contributed by atoms with E-state index in [0.717, 1.165) is 42.9 Å². The second-order valence-electron chi connectivity index (χ2n) is 12.3. The third-order valence-corrected chi connectivity index (χ3v) is 9.00. The van der Waals surface area contributed by atoms with Gasteiger partial charge in [0.25, 0.3) is 5.91 Å². The van der Waals surface area contributed by atoms with Gasteiger partial charge in [0.05, 0.1) is 11.3 Å². The molecule has 9 nitrogen and oxygen atoms in total. The number of aliphatic hydroxyl groups is 1. The molecule has 2 fully saturated rings. The first-order valence-electron chi connectivity index (χ1n) is 15.3. The zero-order chi connectivity index (χ0) is 30.6. The molecule has 228 valence electrons. The number of guanidine groups is 1. The van der Waals surface area contributed by atoms with Gasteiger partial charge in [0.2, 0.25) is 0 Å². The first kappa shape index (κ1) is 30.5. The molecule has 1 aromatic heterocycles. The molecule has 0 aliphatic carbocycles. The number of carbonyl (C=O) groups excluding carboxylic acids is 1. The summed E-state index contributed by atoms with van der Waals surface area (Å²) in [6.07, 6.45) is 4.90. The molecule has 0 atom stereocenters. The first-order valence-corrected chi connectivity index (χ1v) is 15.3. The van der Waals surface area contributed by atoms with Crippen molar-refractivity contribution in [3.8, 4) is 0 Å². The number of nitrogens with two attached hydrogens (primary N) is 1. The second-order valence-corrected chi connectivity index (χ2v) is 12.3. The molecule has 5 rings (SSSR count). The first-order chi connectivity index (χ1) is 20.6. The van der Waals surface area contributed by atoms with E-state index in [1.165, 1.54) is 5.56 Å². The van der Waals surface area contributed by atoms with Gasteiger partial charge in [-0.15, -0.1) is 0 Å². The summed E-state index contributed by atoms with van der Waals surface area (Å²) in [5.41, 5.74) is 9.96. The predicted octanol–water partition coefficient (Wildman–Crippen LogP) is 4.92. The Kier molecular flexibility index (Phi) is 9.32. The van der Waals surface area contributed by atoms with Gasteiger partial charge in [-0.2, -0.15) is 4.99 Å². The topological polar surface area (TPSA) is 110 Å². The molecule has 4 N–H and O–H groups in total. The van der Waals surface area contributed by atoms with E-state index in [1.54, 1.807) is 6.20 Å². The molecule has 2 saturated heterocycles. The van der Waals surface area contributed by atoms with Crippen molar-refractivity contribution in [3.05, 3.63) is 83.6 Å². The molecule has 0 spiro atoms. The lowest BCUT2D eigenvalue weighted by Crippen LogP contribution is -2.44. The van der Waals surface area contributed by atoms with Gasteiger partial charge < -0.3 is 30.9 Å². The van der Waals surface area contributed by atoms with Crippen LogP contribution in [0.4, 0.5) is 17.2 Å². The van der Waals surface area contributed by atoms with Crippen molar-refractivity contribution in [1.29, 1.82) is 0 Å². The number of aromatic nitrogens is 1. The average Bonchev–Trinajstić information content (AvgIpc) is 3.02. The molecule has 0 unspecified atom stereocenters. The van der Waals surface area contributed by atoms with E-state index in [-0.39, 0.29) is 17.9 Å². The maximum Gasteiger partial charge on any atom is 0.253 e. The Morgan fingerprint density at radius 2 is 1.70 bits per heavy atom. The van der Waals surface area contributed by atoms with Crippen molar-refractivity contribution < 1.29 is 9.90 Å². The zero-order valence-corrected chi connectivity index (χ0v) is 25.8. The summed E-state index contributed by atoms with van der Waals surface area (Å²) < 4.78 is 0. The van der Waals surface area contributed by atoms with Crippen molar-refractivity contribution in [3.63, 3.8) is 0 Å². The van der Waals surface area contributed by atoms with Crippen LogP contribution in [0.1, 0.15) is 66.9 Å². The molecule has 43 heavy (non-hydrogen) atoms. The third kappa shape index (κ3) is 7.17. The third-order valence-electron chi connectivity index (χ3n) is 9.00. The standard InChI is InChI=1S/C34H45N7O2/c1-24(2)25-7-11-27(12-8-25)34(43)17-22-41(23-18-34)30-6-5-19-36-31(30)38-33(35)37-28-13-9-26(10-14-28)32(42)40(4)29-15-20-39(3)21-16-29/h5-14,19,24,29,43H,15-18,20-23H2,1-4H3,(H3,35,36,37,38). The van der Waals surface area contributed by atoms with E-state index in [4.69, 9.17) is 5.73 Å². The number of hydrogen-bond donors (Lipinski definition) is 3. The van der Waals surface area contributed by atoms with E-state index >= 15 is 0 Å². The molecule has 0 saturated carbocycles. The lowest BCUT2D eigenvalue weighted by molar-refractivity contribution is 0.0117. The highest BCUT2D eigenvalue weighted by Gasteiger charge is 2.34. The Labute approximate surface area is 255 Å². The Morgan fingerprint density at radius 3 is 2.33 bits per heavy atom. The van der Waals surface area contributed by atoms with E-state index in [0.29, 0.717) is 43.2 Å². The van der Waals surface area contributed by atoms with Crippen LogP contribution < -0.4 is 16.0 Å². The highest BCUT2D eigenvalue weighted by molar-refractivity contribution is 5.97. The van der Waals surface area contributed by atoms with Gasteiger partial charge in [0.15, 0.2) is 11.8 Å². The Morgan fingerprint density at radius 1 is 1.05 bits per heavy atom. The zero-order valence-electron chi connectivity index (χ0n) is 25.8. The van der Waals surface area contributed by atoms with Gasteiger partial charge in [-0.25, -0.2) is 4.98 Å². The van der Waals surface area contributed by atoms with Gasteiger partial charge >= 0.3 is 0 Å². The van der Waals surface area contributed by atoms with Gasteiger partial charge in [0.1, 0.15) is 0 Å². The van der Waals surface area contributed by atoms with Crippen molar-refractivity contribution >= 4 is 29.1 Å². The minimum atomic E-state index is -0.853. The largest absolute Gasteiger partial charge is 0.385 e. The van der Waals surface area contributed by atoms with Gasteiger partial charge in [-0.05, 0) is 99.3 Å². The fourth-order valence-electron chi connectivity index (χ4n) is 6.04. The van der Waals surface area contributed by atoms with E-state index in [1.807, 2.05) is 48.3 Å². The lowest BCUT2D eigenvalue weighted by atomic mass is 9.83. The Bertz CT molecular complexity index is 1410. The van der Waals surface area contributed by atoms with Crippen molar-refractivity contribution in [2.45, 2.75) is 57.1 Å². The number of piperidine rings is 2. The predicted molar refractivity (Wildman–Crippen MR) is 174 cm³/mol. The number of benzene rings is 2. The van der Waals surface area contributed by atoms with Crippen LogP contribution in [0.5, 0.6) is 0 Å². The summed E-state index contributed by atoms with van der Waals surface area (Å²) in [7, 11) is 4.02. The van der Waals surface area contributed by atoms with Gasteiger partial charge in [-0.1, -0.05) is 38.1 Å². The molecule has 0 bridgehead atoms. The van der Waals surface area contributed by atoms with E-state index < -0.39 is 5.60 Å².